The lowest BCUT2D eigenvalue weighted by Gasteiger charge is -2.46. The van der Waals surface area contributed by atoms with Crippen LogP contribution in [0.15, 0.2) is 0 Å². The quantitative estimate of drug-likeness (QED) is 0.395. The summed E-state index contributed by atoms with van der Waals surface area (Å²) in [4.78, 5) is 41.4. The number of carbonyl (C=O) groups is 3. The minimum atomic E-state index is -0.795. The predicted molar refractivity (Wildman–Crippen MR) is 123 cm³/mol. The summed E-state index contributed by atoms with van der Waals surface area (Å²) < 4.78 is 29.4. The first kappa shape index (κ1) is 23.4. The van der Waals surface area contributed by atoms with Gasteiger partial charge in [-0.25, -0.2) is 0 Å². The number of rotatable bonds is 6. The van der Waals surface area contributed by atoms with Crippen molar-refractivity contribution < 1.29 is 38.1 Å². The van der Waals surface area contributed by atoms with Crippen molar-refractivity contribution in [1.82, 2.24) is 4.90 Å². The minimum absolute atomic E-state index is 0.137. The molecule has 7 aliphatic rings. The van der Waals surface area contributed by atoms with Gasteiger partial charge >= 0.3 is 17.9 Å². The maximum atomic E-state index is 13.9. The van der Waals surface area contributed by atoms with Gasteiger partial charge in [-0.15, -0.1) is 0 Å². The molecule has 7 rings (SSSR count). The van der Waals surface area contributed by atoms with Gasteiger partial charge in [-0.3, -0.25) is 19.3 Å². The summed E-state index contributed by atoms with van der Waals surface area (Å²) in [5.74, 6) is -0.0462. The molecule has 4 heterocycles. The second-order valence-electron chi connectivity index (χ2n) is 12.5. The van der Waals surface area contributed by atoms with Crippen LogP contribution in [0.2, 0.25) is 0 Å². The fourth-order valence-corrected chi connectivity index (χ4v) is 9.16. The summed E-state index contributed by atoms with van der Waals surface area (Å²) in [5.41, 5.74) is -0.487. The highest BCUT2D eigenvalue weighted by Crippen LogP contribution is 2.65. The van der Waals surface area contributed by atoms with E-state index < -0.39 is 53.8 Å². The molecule has 11 unspecified atom stereocenters. The Morgan fingerprint density at radius 1 is 1.11 bits per heavy atom. The van der Waals surface area contributed by atoms with Gasteiger partial charge < -0.3 is 23.7 Å². The molecule has 0 aromatic heterocycles. The van der Waals surface area contributed by atoms with E-state index in [9.17, 15) is 14.4 Å². The zero-order valence-electron chi connectivity index (χ0n) is 21.1. The van der Waals surface area contributed by atoms with E-state index in [1.54, 1.807) is 0 Å². The monoisotopic (exact) mass is 503 g/mol. The molecule has 9 heteroatoms. The molecule has 0 amide bonds. The Labute approximate surface area is 211 Å². The average molecular weight is 504 g/mol. The number of carbonyl (C=O) groups excluding carboxylic acids is 3. The van der Waals surface area contributed by atoms with E-state index in [2.05, 4.69) is 13.8 Å². The molecule has 3 saturated carbocycles. The Kier molecular flexibility index (Phi) is 5.46. The van der Waals surface area contributed by atoms with Gasteiger partial charge in [0.25, 0.3) is 0 Å². The number of nitrogens with zero attached hydrogens (tertiary/aromatic N) is 1. The molecule has 4 saturated heterocycles. The number of morpholine rings is 1. The molecule has 7 fully saturated rings. The van der Waals surface area contributed by atoms with E-state index in [1.807, 2.05) is 4.90 Å². The van der Waals surface area contributed by atoms with Crippen LogP contribution in [0.1, 0.15) is 46.0 Å². The summed E-state index contributed by atoms with van der Waals surface area (Å²) in [6.45, 7) is 6.95. The number of fused-ring (bicyclic) bond motifs is 6. The van der Waals surface area contributed by atoms with Gasteiger partial charge in [0.2, 0.25) is 0 Å². The fraction of sp³-hybridized carbons (Fsp3) is 0.889. The second kappa shape index (κ2) is 8.40. The molecule has 0 spiro atoms. The van der Waals surface area contributed by atoms with Crippen LogP contribution in [0, 0.1) is 41.4 Å². The van der Waals surface area contributed by atoms with E-state index >= 15 is 0 Å². The highest BCUT2D eigenvalue weighted by molar-refractivity contribution is 5.87. The van der Waals surface area contributed by atoms with Crippen LogP contribution >= 0.6 is 0 Å². The summed E-state index contributed by atoms with van der Waals surface area (Å²) >= 11 is 0. The lowest BCUT2D eigenvalue weighted by Crippen LogP contribution is -2.53. The third kappa shape index (κ3) is 3.27. The highest BCUT2D eigenvalue weighted by atomic mass is 16.7. The van der Waals surface area contributed by atoms with Gasteiger partial charge in [0.05, 0.1) is 19.8 Å². The third-order valence-corrected chi connectivity index (χ3v) is 10.7. The smallest absolute Gasteiger partial charge is 0.320 e. The van der Waals surface area contributed by atoms with Crippen LogP contribution in [0.4, 0.5) is 0 Å². The molecule has 3 aliphatic carbocycles. The van der Waals surface area contributed by atoms with E-state index in [1.165, 1.54) is 19.3 Å². The van der Waals surface area contributed by atoms with E-state index in [-0.39, 0.29) is 18.4 Å². The number of esters is 3. The Morgan fingerprint density at radius 3 is 2.67 bits per heavy atom. The van der Waals surface area contributed by atoms with Gasteiger partial charge in [-0.2, -0.15) is 0 Å². The maximum Gasteiger partial charge on any atom is 0.320 e. The van der Waals surface area contributed by atoms with Crippen molar-refractivity contribution in [2.24, 2.45) is 41.4 Å². The first-order valence-electron chi connectivity index (χ1n) is 14.0. The van der Waals surface area contributed by atoms with Crippen LogP contribution in [0.3, 0.4) is 0 Å². The minimum Gasteiger partial charge on any atom is -0.458 e. The van der Waals surface area contributed by atoms with Gasteiger partial charge in [0.1, 0.15) is 29.6 Å². The van der Waals surface area contributed by atoms with Crippen molar-refractivity contribution >= 4 is 17.9 Å². The van der Waals surface area contributed by atoms with Crippen molar-refractivity contribution in [2.45, 2.75) is 76.0 Å². The van der Waals surface area contributed by atoms with Gasteiger partial charge in [-0.1, -0.05) is 20.3 Å². The Morgan fingerprint density at radius 2 is 1.89 bits per heavy atom. The Balaban J connectivity index is 1.09. The van der Waals surface area contributed by atoms with Crippen LogP contribution < -0.4 is 0 Å². The molecule has 11 atom stereocenters. The SMILES string of the molecule is CC(C)C1(OC(=O)C2C3OC4C(OC(=O)C42)C3OC(=O)CN2CCOCC2)CC2CC1C1CCCC21. The third-order valence-electron chi connectivity index (χ3n) is 10.7. The van der Waals surface area contributed by atoms with Crippen molar-refractivity contribution in [3.05, 3.63) is 0 Å². The highest BCUT2D eigenvalue weighted by Gasteiger charge is 2.73. The van der Waals surface area contributed by atoms with Crippen LogP contribution in [-0.2, 0) is 38.1 Å². The average Bonchev–Trinajstić information content (AvgIpc) is 3.65. The molecule has 4 aliphatic heterocycles. The van der Waals surface area contributed by atoms with E-state index in [4.69, 9.17) is 23.7 Å². The van der Waals surface area contributed by atoms with Gasteiger partial charge in [0.15, 0.2) is 12.2 Å². The molecular weight excluding hydrogens is 466 g/mol. The first-order chi connectivity index (χ1) is 17.4. The molecule has 9 nitrogen and oxygen atoms in total. The molecule has 0 N–H and O–H groups in total. The summed E-state index contributed by atoms with van der Waals surface area (Å²) in [5, 5.41) is 0. The van der Waals surface area contributed by atoms with Crippen molar-refractivity contribution in [3.63, 3.8) is 0 Å². The number of ether oxygens (including phenoxy) is 5. The standard InChI is InChI=1S/C27H37NO8/c1-13(2)27(11-14-10-17(27)16-5-3-4-15(14)16)36-26(31)20-19-21-24(35-25(19)30)23(22(20)34-21)33-18(29)12-28-6-8-32-9-7-28/h13-17,19-24H,3-12H2,1-2H3. The topological polar surface area (TPSA) is 101 Å². The molecule has 4 bridgehead atoms. The van der Waals surface area contributed by atoms with Gasteiger partial charge in [0, 0.05) is 19.0 Å². The zero-order chi connectivity index (χ0) is 24.8. The van der Waals surface area contributed by atoms with Crippen molar-refractivity contribution in [2.75, 3.05) is 32.8 Å². The largest absolute Gasteiger partial charge is 0.458 e. The van der Waals surface area contributed by atoms with Crippen molar-refractivity contribution in [1.29, 1.82) is 0 Å². The normalized spacial score (nSPS) is 48.5. The summed E-state index contributed by atoms with van der Waals surface area (Å²) in [7, 11) is 0. The number of hydrogen-bond acceptors (Lipinski definition) is 9. The Bertz CT molecular complexity index is 948. The summed E-state index contributed by atoms with van der Waals surface area (Å²) in [6, 6.07) is 0. The van der Waals surface area contributed by atoms with E-state index in [0.717, 1.165) is 18.8 Å². The second-order valence-corrected chi connectivity index (χ2v) is 12.5. The predicted octanol–water partition coefficient (Wildman–Crippen LogP) is 1.56. The van der Waals surface area contributed by atoms with E-state index in [0.29, 0.717) is 44.1 Å². The zero-order valence-corrected chi connectivity index (χ0v) is 21.1. The summed E-state index contributed by atoms with van der Waals surface area (Å²) in [6.07, 6.45) is 3.17. The van der Waals surface area contributed by atoms with Crippen LogP contribution in [0.25, 0.3) is 0 Å². The molecule has 0 radical (unpaired) electrons. The van der Waals surface area contributed by atoms with Crippen LogP contribution in [0.5, 0.6) is 0 Å². The Hall–Kier alpha value is -1.71. The van der Waals surface area contributed by atoms with Gasteiger partial charge in [-0.05, 0) is 49.4 Å². The molecule has 198 valence electrons. The molecule has 0 aromatic rings. The number of hydrogen-bond donors (Lipinski definition) is 0. The molecule has 36 heavy (non-hydrogen) atoms. The van der Waals surface area contributed by atoms with Crippen LogP contribution in [-0.4, -0.2) is 85.7 Å². The van der Waals surface area contributed by atoms with Crippen molar-refractivity contribution in [3.8, 4) is 0 Å². The first-order valence-corrected chi connectivity index (χ1v) is 14.0. The molecular formula is C27H37NO8. The molecule has 0 aromatic carbocycles. The fourth-order valence-electron chi connectivity index (χ4n) is 9.16. The lowest BCUT2D eigenvalue weighted by atomic mass is 9.68. The lowest BCUT2D eigenvalue weighted by molar-refractivity contribution is -0.189. The maximum absolute atomic E-state index is 13.9.